The van der Waals surface area contributed by atoms with Crippen molar-refractivity contribution < 1.29 is 9.66 Å². The number of anilines is 1. The molecular formula is C15H15N3O3. The van der Waals surface area contributed by atoms with E-state index < -0.39 is 0 Å². The van der Waals surface area contributed by atoms with E-state index in [1.165, 1.54) is 0 Å². The van der Waals surface area contributed by atoms with Crippen molar-refractivity contribution >= 4 is 22.3 Å². The van der Waals surface area contributed by atoms with Crippen molar-refractivity contribution in [2.75, 3.05) is 5.32 Å². The summed E-state index contributed by atoms with van der Waals surface area (Å²) in [6, 6.07) is 7.19. The van der Waals surface area contributed by atoms with Gasteiger partial charge in [0, 0.05) is 6.20 Å². The van der Waals surface area contributed by atoms with Gasteiger partial charge in [-0.15, -0.1) is 0 Å². The molecule has 2 bridgehead atoms. The van der Waals surface area contributed by atoms with Crippen LogP contribution in [0.3, 0.4) is 0 Å². The summed E-state index contributed by atoms with van der Waals surface area (Å²) < 4.78 is 5.80. The zero-order valence-electron chi connectivity index (χ0n) is 11.4. The topological polar surface area (TPSA) is 77.3 Å². The minimum Gasteiger partial charge on any atom is -0.374 e. The van der Waals surface area contributed by atoms with Gasteiger partial charge in [0.15, 0.2) is 0 Å². The van der Waals surface area contributed by atoms with E-state index in [1.807, 2.05) is 6.07 Å². The maximum absolute atomic E-state index is 11.5. The molecule has 0 amide bonds. The van der Waals surface area contributed by atoms with Gasteiger partial charge in [0.25, 0.3) is 0 Å². The summed E-state index contributed by atoms with van der Waals surface area (Å²) in [7, 11) is 0. The molecule has 1 aromatic heterocycles. The third kappa shape index (κ3) is 2.03. The van der Waals surface area contributed by atoms with Gasteiger partial charge in [-0.2, -0.15) is 0 Å². The van der Waals surface area contributed by atoms with Gasteiger partial charge in [-0.25, -0.2) is 0 Å². The summed E-state index contributed by atoms with van der Waals surface area (Å²) in [5.74, 6) is 0. The summed E-state index contributed by atoms with van der Waals surface area (Å²) in [5, 5.41) is 15.4. The maximum Gasteiger partial charge on any atom is 0.301 e. The Morgan fingerprint density at radius 1 is 1.33 bits per heavy atom. The minimum absolute atomic E-state index is 0.100. The fourth-order valence-electron chi connectivity index (χ4n) is 3.44. The average Bonchev–Trinajstić information content (AvgIpc) is 3.09. The molecule has 2 fully saturated rings. The number of fused-ring (bicyclic) bond motifs is 3. The first kappa shape index (κ1) is 12.5. The normalized spacial score (nSPS) is 27.1. The highest BCUT2D eigenvalue weighted by atomic mass is 16.6. The summed E-state index contributed by atoms with van der Waals surface area (Å²) in [5.41, 5.74) is 1.30. The molecule has 0 aliphatic carbocycles. The van der Waals surface area contributed by atoms with Crippen molar-refractivity contribution in [2.45, 2.75) is 37.5 Å². The highest BCUT2D eigenvalue weighted by molar-refractivity contribution is 5.94. The largest absolute Gasteiger partial charge is 0.374 e. The molecule has 2 aromatic rings. The van der Waals surface area contributed by atoms with E-state index in [0.29, 0.717) is 22.7 Å². The molecule has 108 valence electrons. The van der Waals surface area contributed by atoms with E-state index in [1.54, 1.807) is 24.4 Å². The molecule has 0 radical (unpaired) electrons. The van der Waals surface area contributed by atoms with Gasteiger partial charge >= 0.3 is 5.69 Å². The van der Waals surface area contributed by atoms with Crippen LogP contribution in [0.5, 0.6) is 0 Å². The molecule has 6 heteroatoms. The van der Waals surface area contributed by atoms with Crippen molar-refractivity contribution in [1.82, 2.24) is 4.98 Å². The highest BCUT2D eigenvalue weighted by Crippen LogP contribution is 2.39. The number of nitro benzene ring substituents is 1. The number of pyridine rings is 1. The van der Waals surface area contributed by atoms with Crippen LogP contribution in [0.1, 0.15) is 19.3 Å². The van der Waals surface area contributed by atoms with E-state index in [-0.39, 0.29) is 22.8 Å². The lowest BCUT2D eigenvalue weighted by molar-refractivity contribution is -0.382. The lowest BCUT2D eigenvalue weighted by Gasteiger charge is -2.21. The molecule has 3 unspecified atom stereocenters. The highest BCUT2D eigenvalue weighted by Gasteiger charge is 2.41. The molecule has 2 saturated heterocycles. The van der Waals surface area contributed by atoms with Crippen LogP contribution in [0.15, 0.2) is 30.5 Å². The first-order valence-corrected chi connectivity index (χ1v) is 7.16. The van der Waals surface area contributed by atoms with Crippen LogP contribution in [-0.4, -0.2) is 28.2 Å². The fraction of sp³-hybridized carbons (Fsp3) is 0.400. The molecule has 3 atom stereocenters. The number of aromatic nitrogens is 1. The van der Waals surface area contributed by atoms with Crippen molar-refractivity contribution in [3.05, 3.63) is 40.6 Å². The SMILES string of the molecule is O=[N+]([O-])c1c(NC2CC3CCC2O3)ccc2ncccc12. The zero-order valence-corrected chi connectivity index (χ0v) is 11.4. The van der Waals surface area contributed by atoms with Crippen LogP contribution in [0, 0.1) is 10.1 Å². The van der Waals surface area contributed by atoms with Gasteiger partial charge < -0.3 is 10.1 Å². The van der Waals surface area contributed by atoms with E-state index in [0.717, 1.165) is 19.3 Å². The second-order valence-electron chi connectivity index (χ2n) is 5.65. The molecule has 2 aliphatic heterocycles. The Morgan fingerprint density at radius 3 is 2.95 bits per heavy atom. The number of nitrogens with zero attached hydrogens (tertiary/aromatic N) is 2. The van der Waals surface area contributed by atoms with E-state index in [2.05, 4.69) is 10.3 Å². The molecule has 0 spiro atoms. The summed E-state index contributed by atoms with van der Waals surface area (Å²) in [4.78, 5) is 15.3. The monoisotopic (exact) mass is 285 g/mol. The Bertz CT molecular complexity index is 718. The van der Waals surface area contributed by atoms with Crippen molar-refractivity contribution in [3.63, 3.8) is 0 Å². The van der Waals surface area contributed by atoms with Crippen LogP contribution in [0.25, 0.3) is 10.9 Å². The fourth-order valence-corrected chi connectivity index (χ4v) is 3.44. The predicted octanol–water partition coefficient (Wildman–Crippen LogP) is 2.87. The molecule has 2 aliphatic rings. The first-order valence-electron chi connectivity index (χ1n) is 7.16. The average molecular weight is 285 g/mol. The zero-order chi connectivity index (χ0) is 14.4. The van der Waals surface area contributed by atoms with Crippen LogP contribution in [0.2, 0.25) is 0 Å². The molecule has 1 aromatic carbocycles. The van der Waals surface area contributed by atoms with Gasteiger partial charge in [-0.3, -0.25) is 15.1 Å². The second-order valence-corrected chi connectivity index (χ2v) is 5.65. The second kappa shape index (κ2) is 4.66. The van der Waals surface area contributed by atoms with E-state index in [4.69, 9.17) is 4.74 Å². The molecule has 21 heavy (non-hydrogen) atoms. The number of hydrogen-bond acceptors (Lipinski definition) is 5. The van der Waals surface area contributed by atoms with E-state index >= 15 is 0 Å². The number of nitrogens with one attached hydrogen (secondary N) is 1. The Morgan fingerprint density at radius 2 is 2.24 bits per heavy atom. The number of ether oxygens (including phenoxy) is 1. The summed E-state index contributed by atoms with van der Waals surface area (Å²) in [6.07, 6.45) is 5.20. The summed E-state index contributed by atoms with van der Waals surface area (Å²) in [6.45, 7) is 0. The number of benzene rings is 1. The molecule has 6 nitrogen and oxygen atoms in total. The van der Waals surface area contributed by atoms with Crippen LogP contribution in [0.4, 0.5) is 11.4 Å². The van der Waals surface area contributed by atoms with Crippen molar-refractivity contribution in [2.24, 2.45) is 0 Å². The van der Waals surface area contributed by atoms with Gasteiger partial charge in [0.1, 0.15) is 5.69 Å². The Hall–Kier alpha value is -2.21. The van der Waals surface area contributed by atoms with E-state index in [9.17, 15) is 10.1 Å². The predicted molar refractivity (Wildman–Crippen MR) is 78.3 cm³/mol. The number of rotatable bonds is 3. The van der Waals surface area contributed by atoms with Crippen LogP contribution < -0.4 is 5.32 Å². The van der Waals surface area contributed by atoms with Crippen molar-refractivity contribution in [1.29, 1.82) is 0 Å². The summed E-state index contributed by atoms with van der Waals surface area (Å²) >= 11 is 0. The lowest BCUT2D eigenvalue weighted by atomic mass is 9.95. The lowest BCUT2D eigenvalue weighted by Crippen LogP contribution is -2.30. The number of nitro groups is 1. The van der Waals surface area contributed by atoms with Crippen LogP contribution in [-0.2, 0) is 4.74 Å². The van der Waals surface area contributed by atoms with Crippen molar-refractivity contribution in [3.8, 4) is 0 Å². The molecule has 3 heterocycles. The molecule has 1 N–H and O–H groups in total. The first-order chi connectivity index (χ1) is 10.2. The molecule has 4 rings (SSSR count). The van der Waals surface area contributed by atoms with Gasteiger partial charge in [0.05, 0.1) is 34.1 Å². The Labute approximate surface area is 121 Å². The molecule has 0 saturated carbocycles. The quantitative estimate of drug-likeness (QED) is 0.693. The van der Waals surface area contributed by atoms with Gasteiger partial charge in [-0.1, -0.05) is 0 Å². The Balaban J connectivity index is 1.74. The number of hydrogen-bond donors (Lipinski definition) is 1. The molecular weight excluding hydrogens is 270 g/mol. The third-order valence-corrected chi connectivity index (χ3v) is 4.39. The smallest absolute Gasteiger partial charge is 0.301 e. The van der Waals surface area contributed by atoms with Gasteiger partial charge in [0.2, 0.25) is 0 Å². The minimum atomic E-state index is -0.333. The third-order valence-electron chi connectivity index (χ3n) is 4.39. The van der Waals surface area contributed by atoms with Crippen LogP contribution >= 0.6 is 0 Å². The Kier molecular flexibility index (Phi) is 2.78. The standard InChI is InChI=1S/C15H15N3O3/c19-18(20)15-10-2-1-7-16-11(10)4-5-12(15)17-13-8-9-3-6-14(13)21-9/h1-2,4-5,7,9,13-14,17H,3,6,8H2. The maximum atomic E-state index is 11.5. The van der Waals surface area contributed by atoms with Gasteiger partial charge in [-0.05, 0) is 43.5 Å².